The number of rotatable bonds is 10. The summed E-state index contributed by atoms with van der Waals surface area (Å²) >= 11 is 0. The first-order valence-corrected chi connectivity index (χ1v) is 14.7. The predicted octanol–water partition coefficient (Wildman–Crippen LogP) is 6.25. The van der Waals surface area contributed by atoms with Gasteiger partial charge in [-0.15, -0.1) is 0 Å². The molecule has 1 aromatic rings. The fourth-order valence-corrected chi connectivity index (χ4v) is 5.08. The van der Waals surface area contributed by atoms with Gasteiger partial charge in [0.2, 0.25) is 0 Å². The van der Waals surface area contributed by atoms with Crippen molar-refractivity contribution < 1.29 is 19.0 Å². The van der Waals surface area contributed by atoms with Crippen LogP contribution in [-0.4, -0.2) is 44.1 Å². The highest BCUT2D eigenvalue weighted by Gasteiger charge is 2.39. The molecule has 0 amide bonds. The molecule has 31 heavy (non-hydrogen) atoms. The zero-order valence-electron chi connectivity index (χ0n) is 20.7. The summed E-state index contributed by atoms with van der Waals surface area (Å²) in [5.41, 5.74) is 1.35. The molecule has 1 heterocycles. The highest BCUT2D eigenvalue weighted by atomic mass is 28.4. The SMILES string of the molecule is CC1(C)O[C@@H](C/C=C/[C@@H](CCO)O[Si](C)(C)C(C)(C)C)C[C@H](CCc2ccccc2)O1. The molecular weight excluding hydrogens is 404 g/mol. The minimum absolute atomic E-state index is 0.0485. The number of hydrogen-bond donors (Lipinski definition) is 1. The lowest BCUT2D eigenvalue weighted by molar-refractivity contribution is -0.299. The molecule has 1 fully saturated rings. The molecule has 176 valence electrons. The van der Waals surface area contributed by atoms with Gasteiger partial charge >= 0.3 is 0 Å². The number of benzene rings is 1. The quantitative estimate of drug-likeness (QED) is 0.339. The summed E-state index contributed by atoms with van der Waals surface area (Å²) in [7, 11) is -1.89. The van der Waals surface area contributed by atoms with Crippen LogP contribution in [0.25, 0.3) is 0 Å². The lowest BCUT2D eigenvalue weighted by Crippen LogP contribution is -2.44. The van der Waals surface area contributed by atoms with Gasteiger partial charge in [0.15, 0.2) is 14.1 Å². The van der Waals surface area contributed by atoms with Gasteiger partial charge < -0.3 is 19.0 Å². The highest BCUT2D eigenvalue weighted by molar-refractivity contribution is 6.74. The summed E-state index contributed by atoms with van der Waals surface area (Å²) in [6.45, 7) is 15.4. The molecule has 0 spiro atoms. The monoisotopic (exact) mass is 448 g/mol. The van der Waals surface area contributed by atoms with Crippen molar-refractivity contribution in [2.75, 3.05) is 6.61 Å². The fraction of sp³-hybridized carbons (Fsp3) is 0.692. The van der Waals surface area contributed by atoms with Crippen LogP contribution in [0.15, 0.2) is 42.5 Å². The van der Waals surface area contributed by atoms with Gasteiger partial charge in [-0.3, -0.25) is 0 Å². The Balaban J connectivity index is 1.93. The van der Waals surface area contributed by atoms with Crippen LogP contribution < -0.4 is 0 Å². The van der Waals surface area contributed by atoms with Crippen molar-refractivity contribution in [2.45, 2.75) is 109 Å². The topological polar surface area (TPSA) is 47.9 Å². The predicted molar refractivity (Wildman–Crippen MR) is 131 cm³/mol. The maximum absolute atomic E-state index is 9.50. The van der Waals surface area contributed by atoms with E-state index in [0.717, 1.165) is 25.7 Å². The van der Waals surface area contributed by atoms with Crippen molar-refractivity contribution in [2.24, 2.45) is 0 Å². The lowest BCUT2D eigenvalue weighted by atomic mass is 9.99. The van der Waals surface area contributed by atoms with Gasteiger partial charge in [-0.2, -0.15) is 0 Å². The Kier molecular flexibility index (Phi) is 9.52. The van der Waals surface area contributed by atoms with E-state index in [9.17, 15) is 5.11 Å². The van der Waals surface area contributed by atoms with Crippen molar-refractivity contribution in [1.29, 1.82) is 0 Å². The first kappa shape index (κ1) is 26.3. The molecule has 1 N–H and O–H groups in total. The smallest absolute Gasteiger partial charge is 0.192 e. The first-order chi connectivity index (χ1) is 14.4. The molecule has 1 aromatic carbocycles. The average Bonchev–Trinajstić information content (AvgIpc) is 2.65. The molecule has 0 saturated carbocycles. The maximum Gasteiger partial charge on any atom is 0.192 e. The van der Waals surface area contributed by atoms with Crippen LogP contribution in [0.3, 0.4) is 0 Å². The van der Waals surface area contributed by atoms with Crippen LogP contribution in [0.2, 0.25) is 18.1 Å². The Morgan fingerprint density at radius 2 is 1.81 bits per heavy atom. The van der Waals surface area contributed by atoms with E-state index in [0.29, 0.717) is 6.42 Å². The molecule has 5 heteroatoms. The zero-order valence-corrected chi connectivity index (χ0v) is 21.7. The Morgan fingerprint density at radius 1 is 1.16 bits per heavy atom. The van der Waals surface area contributed by atoms with Gasteiger partial charge in [-0.25, -0.2) is 0 Å². The Hall–Kier alpha value is -0.983. The number of aryl methyl sites for hydroxylation is 1. The number of hydrogen-bond acceptors (Lipinski definition) is 4. The first-order valence-electron chi connectivity index (χ1n) is 11.8. The molecule has 1 aliphatic heterocycles. The van der Waals surface area contributed by atoms with Crippen LogP contribution in [-0.2, 0) is 20.3 Å². The molecular formula is C26H44O4Si. The minimum atomic E-state index is -1.89. The van der Waals surface area contributed by atoms with Crippen LogP contribution in [0.5, 0.6) is 0 Å². The molecule has 0 unspecified atom stereocenters. The summed E-state index contributed by atoms with van der Waals surface area (Å²) in [4.78, 5) is 0. The standard InChI is InChI=1S/C26H44O4Si/c1-25(2,3)31(6,7)30-22(18-19-27)14-11-15-23-20-24(29-26(4,5)28-23)17-16-21-12-9-8-10-13-21/h8-14,22-24,27H,15-20H2,1-7H3/b14-11+/t22-,23-,24-/m0/s1. The van der Waals surface area contributed by atoms with Crippen molar-refractivity contribution in [3.63, 3.8) is 0 Å². The molecule has 1 saturated heterocycles. The van der Waals surface area contributed by atoms with E-state index in [-0.39, 0.29) is 30.0 Å². The molecule has 4 nitrogen and oxygen atoms in total. The molecule has 0 aliphatic carbocycles. The maximum atomic E-state index is 9.50. The van der Waals surface area contributed by atoms with Crippen LogP contribution in [0.1, 0.15) is 65.9 Å². The largest absolute Gasteiger partial charge is 0.410 e. The van der Waals surface area contributed by atoms with Crippen molar-refractivity contribution in [1.82, 2.24) is 0 Å². The van der Waals surface area contributed by atoms with E-state index in [4.69, 9.17) is 13.9 Å². The summed E-state index contributed by atoms with van der Waals surface area (Å²) in [5.74, 6) is -0.569. The van der Waals surface area contributed by atoms with Gasteiger partial charge in [-0.1, -0.05) is 63.3 Å². The van der Waals surface area contributed by atoms with Gasteiger partial charge in [0, 0.05) is 13.0 Å². The third-order valence-corrected chi connectivity index (χ3v) is 10.9. The summed E-state index contributed by atoms with van der Waals surface area (Å²) in [6.07, 6.45) is 8.95. The number of aliphatic hydroxyl groups is 1. The van der Waals surface area contributed by atoms with Crippen molar-refractivity contribution >= 4 is 8.32 Å². The Bertz CT molecular complexity index is 678. The molecule has 1 aliphatic rings. The number of aliphatic hydroxyl groups excluding tert-OH is 1. The van der Waals surface area contributed by atoms with E-state index in [1.54, 1.807) is 0 Å². The third-order valence-electron chi connectivity index (χ3n) is 6.44. The fourth-order valence-electron chi connectivity index (χ4n) is 3.77. The molecule has 0 bridgehead atoms. The van der Waals surface area contributed by atoms with Crippen LogP contribution in [0, 0.1) is 0 Å². The van der Waals surface area contributed by atoms with E-state index in [2.05, 4.69) is 76.3 Å². The van der Waals surface area contributed by atoms with Crippen LogP contribution >= 0.6 is 0 Å². The van der Waals surface area contributed by atoms with Gasteiger partial charge in [0.1, 0.15) is 0 Å². The van der Waals surface area contributed by atoms with Crippen LogP contribution in [0.4, 0.5) is 0 Å². The lowest BCUT2D eigenvalue weighted by Gasteiger charge is -2.41. The zero-order chi connectivity index (χ0) is 23.1. The van der Waals surface area contributed by atoms with Crippen molar-refractivity contribution in [3.05, 3.63) is 48.0 Å². The summed E-state index contributed by atoms with van der Waals surface area (Å²) in [5, 5.41) is 9.65. The second kappa shape index (κ2) is 11.2. The highest BCUT2D eigenvalue weighted by Crippen LogP contribution is 2.38. The van der Waals surface area contributed by atoms with E-state index >= 15 is 0 Å². The number of ether oxygens (including phenoxy) is 2. The van der Waals surface area contributed by atoms with E-state index in [1.807, 2.05) is 13.8 Å². The Labute approximate surface area is 191 Å². The third kappa shape index (κ3) is 8.82. The van der Waals surface area contributed by atoms with Crippen molar-refractivity contribution in [3.8, 4) is 0 Å². The summed E-state index contributed by atoms with van der Waals surface area (Å²) in [6, 6.07) is 10.6. The molecule has 0 aromatic heterocycles. The van der Waals surface area contributed by atoms with E-state index < -0.39 is 14.1 Å². The van der Waals surface area contributed by atoms with Gasteiger partial charge in [0.05, 0.1) is 18.3 Å². The molecule has 0 radical (unpaired) electrons. The average molecular weight is 449 g/mol. The minimum Gasteiger partial charge on any atom is -0.410 e. The van der Waals surface area contributed by atoms with Gasteiger partial charge in [0.25, 0.3) is 0 Å². The normalized spacial score (nSPS) is 23.2. The molecule has 3 atom stereocenters. The Morgan fingerprint density at radius 3 is 2.42 bits per heavy atom. The van der Waals surface area contributed by atoms with Gasteiger partial charge in [-0.05, 0) is 63.2 Å². The second-order valence-electron chi connectivity index (χ2n) is 10.7. The molecule has 2 rings (SSSR count). The van der Waals surface area contributed by atoms with E-state index in [1.165, 1.54) is 5.56 Å². The summed E-state index contributed by atoms with van der Waals surface area (Å²) < 4.78 is 18.9. The second-order valence-corrected chi connectivity index (χ2v) is 15.5.